The van der Waals surface area contributed by atoms with Crippen molar-refractivity contribution in [1.82, 2.24) is 9.78 Å². The average molecular weight is 572 g/mol. The lowest BCUT2D eigenvalue weighted by Gasteiger charge is -2.17. The Labute approximate surface area is 247 Å². The zero-order chi connectivity index (χ0) is 28.8. The average Bonchev–Trinajstić information content (AvgIpc) is 3.35. The van der Waals surface area contributed by atoms with Gasteiger partial charge in [0.2, 0.25) is 0 Å². The van der Waals surface area contributed by atoms with E-state index in [2.05, 4.69) is 12.3 Å². The molecule has 0 bridgehead atoms. The van der Waals surface area contributed by atoms with E-state index in [1.54, 1.807) is 6.07 Å². The van der Waals surface area contributed by atoms with Gasteiger partial charge in [-0.15, -0.1) is 0 Å². The largest absolute Gasteiger partial charge is 0.506 e. The van der Waals surface area contributed by atoms with E-state index in [0.717, 1.165) is 39.3 Å². The molecular weight excluding hydrogens is 546 g/mol. The quantitative estimate of drug-likeness (QED) is 0.216. The Morgan fingerprint density at radius 1 is 0.905 bits per heavy atom. The third-order valence-electron chi connectivity index (χ3n) is 7.87. The number of rotatable bonds is 4. The first-order chi connectivity index (χ1) is 20.5. The fourth-order valence-corrected chi connectivity index (χ4v) is 5.89. The zero-order valence-electron chi connectivity index (χ0n) is 22.8. The van der Waals surface area contributed by atoms with Crippen LogP contribution in [0, 0.1) is 6.92 Å². The highest BCUT2D eigenvalue weighted by atomic mass is 35.5. The third kappa shape index (κ3) is 4.60. The van der Waals surface area contributed by atoms with E-state index in [4.69, 9.17) is 26.1 Å². The van der Waals surface area contributed by atoms with Crippen molar-refractivity contribution in [3.63, 3.8) is 0 Å². The Balaban J connectivity index is 1.42. The van der Waals surface area contributed by atoms with Gasteiger partial charge in [-0.2, -0.15) is 5.10 Å². The summed E-state index contributed by atoms with van der Waals surface area (Å²) >= 11 is 6.23. The SMILES string of the molecule is Cc1cccc2c(O)c(C3=Nc4ccccc4CC(c4cn(-c5ccccc5)nc4-c4ccc(Cl)cc4)C3)c(=O)oc12. The summed E-state index contributed by atoms with van der Waals surface area (Å²) in [5.74, 6) is -0.220. The predicted molar refractivity (Wildman–Crippen MR) is 167 cm³/mol. The summed E-state index contributed by atoms with van der Waals surface area (Å²) in [4.78, 5) is 18.4. The van der Waals surface area contributed by atoms with Crippen LogP contribution in [-0.4, -0.2) is 20.6 Å². The molecule has 1 atom stereocenters. The molecule has 0 aliphatic carbocycles. The Hall–Kier alpha value is -4.94. The van der Waals surface area contributed by atoms with Gasteiger partial charge in [0.15, 0.2) is 0 Å². The van der Waals surface area contributed by atoms with Crippen LogP contribution in [0.1, 0.15) is 34.6 Å². The number of hydrogen-bond donors (Lipinski definition) is 1. The standard InChI is InChI=1S/C35H26ClN3O3/c1-21-8-7-12-27-33(40)31(35(41)42-34(21)27)30-19-24(18-23-9-5-6-13-29(23)37-30)28-20-39(26-10-3-2-4-11-26)38-32(28)22-14-16-25(36)17-15-22/h2-17,20,24,40H,18-19H2,1H3. The van der Waals surface area contributed by atoms with Gasteiger partial charge in [0.05, 0.1) is 28.2 Å². The maximum atomic E-state index is 13.4. The van der Waals surface area contributed by atoms with Gasteiger partial charge in [0.1, 0.15) is 16.9 Å². The number of aromatic nitrogens is 2. The summed E-state index contributed by atoms with van der Waals surface area (Å²) in [6.45, 7) is 1.85. The van der Waals surface area contributed by atoms with E-state index in [1.807, 2.05) is 96.5 Å². The van der Waals surface area contributed by atoms with Gasteiger partial charge in [0, 0.05) is 22.3 Å². The minimum absolute atomic E-state index is 0.0956. The van der Waals surface area contributed by atoms with Crippen LogP contribution in [0.25, 0.3) is 27.9 Å². The summed E-state index contributed by atoms with van der Waals surface area (Å²) in [6, 6.07) is 31.0. The summed E-state index contributed by atoms with van der Waals surface area (Å²) < 4.78 is 7.65. The van der Waals surface area contributed by atoms with Crippen molar-refractivity contribution >= 4 is 34.0 Å². The van der Waals surface area contributed by atoms with Crippen molar-refractivity contribution in [3.8, 4) is 22.7 Å². The van der Waals surface area contributed by atoms with Gasteiger partial charge in [-0.05, 0) is 73.2 Å². The Kier molecular flexibility index (Phi) is 6.48. The highest BCUT2D eigenvalue weighted by molar-refractivity contribution is 6.30. The van der Waals surface area contributed by atoms with Gasteiger partial charge < -0.3 is 9.52 Å². The van der Waals surface area contributed by atoms with Crippen molar-refractivity contribution < 1.29 is 9.52 Å². The van der Waals surface area contributed by atoms with Crippen molar-refractivity contribution in [3.05, 3.63) is 141 Å². The first-order valence-electron chi connectivity index (χ1n) is 13.8. The first-order valence-corrected chi connectivity index (χ1v) is 14.2. The molecular formula is C35H26ClN3O3. The predicted octanol–water partition coefficient (Wildman–Crippen LogP) is 8.16. The molecule has 1 unspecified atom stereocenters. The van der Waals surface area contributed by atoms with Crippen LogP contribution in [0.2, 0.25) is 5.02 Å². The molecule has 1 aliphatic heterocycles. The van der Waals surface area contributed by atoms with E-state index in [9.17, 15) is 9.90 Å². The molecule has 0 amide bonds. The molecule has 0 saturated carbocycles. The Bertz CT molecular complexity index is 2040. The van der Waals surface area contributed by atoms with E-state index in [0.29, 0.717) is 34.5 Å². The summed E-state index contributed by atoms with van der Waals surface area (Å²) in [5, 5.41) is 17.6. The lowest BCUT2D eigenvalue weighted by Crippen LogP contribution is -2.18. The molecule has 7 rings (SSSR count). The molecule has 3 heterocycles. The molecule has 206 valence electrons. The summed E-state index contributed by atoms with van der Waals surface area (Å²) in [7, 11) is 0. The molecule has 42 heavy (non-hydrogen) atoms. The number of aryl methyl sites for hydroxylation is 1. The highest BCUT2D eigenvalue weighted by Crippen LogP contribution is 2.40. The minimum atomic E-state index is -0.607. The van der Waals surface area contributed by atoms with Crippen molar-refractivity contribution in [1.29, 1.82) is 0 Å². The number of hydrogen-bond acceptors (Lipinski definition) is 5. The van der Waals surface area contributed by atoms with Crippen molar-refractivity contribution in [2.75, 3.05) is 0 Å². The van der Waals surface area contributed by atoms with Gasteiger partial charge in [-0.1, -0.05) is 72.3 Å². The fourth-order valence-electron chi connectivity index (χ4n) is 5.77. The number of benzene rings is 4. The second kappa shape index (κ2) is 10.5. The molecule has 7 heteroatoms. The smallest absolute Gasteiger partial charge is 0.349 e. The summed E-state index contributed by atoms with van der Waals surface area (Å²) in [5.41, 5.74) is 6.64. The maximum absolute atomic E-state index is 13.4. The van der Waals surface area contributed by atoms with Crippen LogP contribution in [0.5, 0.6) is 5.75 Å². The molecule has 2 aromatic heterocycles. The highest BCUT2D eigenvalue weighted by Gasteiger charge is 2.30. The van der Waals surface area contributed by atoms with Crippen molar-refractivity contribution in [2.24, 2.45) is 4.99 Å². The van der Waals surface area contributed by atoms with E-state index >= 15 is 0 Å². The molecule has 1 aliphatic rings. The van der Waals surface area contributed by atoms with Crippen LogP contribution in [0.3, 0.4) is 0 Å². The van der Waals surface area contributed by atoms with E-state index in [-0.39, 0.29) is 17.2 Å². The van der Waals surface area contributed by atoms with Crippen LogP contribution >= 0.6 is 11.6 Å². The molecule has 0 spiro atoms. The van der Waals surface area contributed by atoms with Gasteiger partial charge in [-0.25, -0.2) is 9.48 Å². The molecule has 1 N–H and O–H groups in total. The van der Waals surface area contributed by atoms with Gasteiger partial charge >= 0.3 is 5.63 Å². The third-order valence-corrected chi connectivity index (χ3v) is 8.12. The van der Waals surface area contributed by atoms with Gasteiger partial charge in [-0.3, -0.25) is 4.99 Å². The summed E-state index contributed by atoms with van der Waals surface area (Å²) in [6.07, 6.45) is 3.12. The number of halogens is 1. The van der Waals surface area contributed by atoms with Crippen LogP contribution in [-0.2, 0) is 6.42 Å². The van der Waals surface area contributed by atoms with Crippen LogP contribution in [0.15, 0.2) is 117 Å². The molecule has 0 radical (unpaired) electrons. The molecule has 4 aromatic carbocycles. The lowest BCUT2D eigenvalue weighted by molar-refractivity contribution is 0.465. The normalized spacial score (nSPS) is 14.8. The fraction of sp³-hybridized carbons (Fsp3) is 0.114. The Morgan fingerprint density at radius 3 is 2.48 bits per heavy atom. The number of aliphatic imine (C=N–C) groups is 1. The number of aromatic hydroxyl groups is 1. The number of para-hydroxylation sites is 3. The van der Waals surface area contributed by atoms with E-state index in [1.165, 1.54) is 0 Å². The van der Waals surface area contributed by atoms with Crippen LogP contribution in [0.4, 0.5) is 5.69 Å². The lowest BCUT2D eigenvalue weighted by atomic mass is 9.86. The number of fused-ring (bicyclic) bond motifs is 2. The molecule has 0 saturated heterocycles. The molecule has 6 nitrogen and oxygen atoms in total. The zero-order valence-corrected chi connectivity index (χ0v) is 23.5. The second-order valence-electron chi connectivity index (χ2n) is 10.6. The minimum Gasteiger partial charge on any atom is -0.506 e. The van der Waals surface area contributed by atoms with Gasteiger partial charge in [0.25, 0.3) is 0 Å². The molecule has 6 aromatic rings. The van der Waals surface area contributed by atoms with E-state index < -0.39 is 5.63 Å². The second-order valence-corrected chi connectivity index (χ2v) is 11.0. The van der Waals surface area contributed by atoms with Crippen molar-refractivity contribution in [2.45, 2.75) is 25.7 Å². The number of nitrogens with zero attached hydrogens (tertiary/aromatic N) is 3. The maximum Gasteiger partial charge on any atom is 0.349 e. The monoisotopic (exact) mass is 571 g/mol. The topological polar surface area (TPSA) is 80.6 Å². The Morgan fingerprint density at radius 2 is 1.67 bits per heavy atom. The molecule has 0 fully saturated rings. The van der Waals surface area contributed by atoms with Crippen LogP contribution < -0.4 is 5.63 Å². The first kappa shape index (κ1) is 26.0.